The van der Waals surface area contributed by atoms with Crippen LogP contribution in [0.25, 0.3) is 11.0 Å². The van der Waals surface area contributed by atoms with Crippen molar-refractivity contribution in [3.63, 3.8) is 0 Å². The summed E-state index contributed by atoms with van der Waals surface area (Å²) in [7, 11) is 0. The molecule has 2 aromatic rings. The maximum Gasteiger partial charge on any atom is 0.233 e. The third-order valence-electron chi connectivity index (χ3n) is 4.56. The van der Waals surface area contributed by atoms with Crippen molar-refractivity contribution in [2.45, 2.75) is 68.7 Å². The van der Waals surface area contributed by atoms with Crippen molar-refractivity contribution in [2.75, 3.05) is 0 Å². The van der Waals surface area contributed by atoms with Crippen molar-refractivity contribution < 1.29 is 4.79 Å². The summed E-state index contributed by atoms with van der Waals surface area (Å²) < 4.78 is 0. The van der Waals surface area contributed by atoms with Gasteiger partial charge in [-0.15, -0.1) is 0 Å². The second-order valence-electron chi connectivity index (χ2n) is 6.56. The molecule has 1 N–H and O–H groups in total. The van der Waals surface area contributed by atoms with Crippen LogP contribution in [0.2, 0.25) is 0 Å². The predicted molar refractivity (Wildman–Crippen MR) is 99.2 cm³/mol. The average Bonchev–Trinajstić information content (AvgIpc) is 2.84. The second kappa shape index (κ2) is 7.97. The maximum absolute atomic E-state index is 12.5. The summed E-state index contributed by atoms with van der Waals surface area (Å²) in [6, 6.07) is 8.19. The van der Waals surface area contributed by atoms with Crippen molar-refractivity contribution in [1.82, 2.24) is 15.3 Å². The average molecular weight is 343 g/mol. The molecule has 1 aromatic carbocycles. The van der Waals surface area contributed by atoms with Crippen LogP contribution in [0, 0.1) is 6.92 Å². The number of para-hydroxylation sites is 2. The monoisotopic (exact) mass is 343 g/mol. The number of rotatable bonds is 4. The summed E-state index contributed by atoms with van der Waals surface area (Å²) >= 11 is 1.50. The van der Waals surface area contributed by atoms with Crippen LogP contribution < -0.4 is 5.32 Å². The Morgan fingerprint density at radius 2 is 1.75 bits per heavy atom. The number of nitrogens with one attached hydrogen (secondary N) is 1. The van der Waals surface area contributed by atoms with Gasteiger partial charge in [-0.25, -0.2) is 9.97 Å². The van der Waals surface area contributed by atoms with E-state index in [2.05, 4.69) is 15.3 Å². The van der Waals surface area contributed by atoms with Crippen molar-refractivity contribution in [3.05, 3.63) is 30.0 Å². The molecule has 0 spiro atoms. The lowest BCUT2D eigenvalue weighted by Gasteiger charge is -2.19. The van der Waals surface area contributed by atoms with Gasteiger partial charge in [-0.3, -0.25) is 4.79 Å². The molecule has 4 nitrogen and oxygen atoms in total. The van der Waals surface area contributed by atoms with E-state index in [1.54, 1.807) is 0 Å². The minimum atomic E-state index is -0.164. The molecule has 1 amide bonds. The highest BCUT2D eigenvalue weighted by Crippen LogP contribution is 2.26. The topological polar surface area (TPSA) is 54.9 Å². The largest absolute Gasteiger partial charge is 0.352 e. The van der Waals surface area contributed by atoms with E-state index in [1.807, 2.05) is 38.1 Å². The highest BCUT2D eigenvalue weighted by molar-refractivity contribution is 8.00. The number of benzene rings is 1. The van der Waals surface area contributed by atoms with Crippen LogP contribution in [-0.2, 0) is 4.79 Å². The molecule has 0 bridgehead atoms. The SMILES string of the molecule is Cc1nc2ccccc2nc1SC(C)C(=O)NC1CCCCCC1. The lowest BCUT2D eigenvalue weighted by molar-refractivity contribution is -0.121. The van der Waals surface area contributed by atoms with E-state index >= 15 is 0 Å². The molecule has 1 unspecified atom stereocenters. The highest BCUT2D eigenvalue weighted by Gasteiger charge is 2.21. The number of aryl methyl sites for hydroxylation is 1. The first-order valence-corrected chi connectivity index (χ1v) is 9.72. The molecule has 1 heterocycles. The Hall–Kier alpha value is -1.62. The number of aromatic nitrogens is 2. The Kier molecular flexibility index (Phi) is 5.72. The Balaban J connectivity index is 1.66. The van der Waals surface area contributed by atoms with Gasteiger partial charge in [0, 0.05) is 6.04 Å². The van der Waals surface area contributed by atoms with Crippen molar-refractivity contribution in [1.29, 1.82) is 0 Å². The van der Waals surface area contributed by atoms with E-state index in [-0.39, 0.29) is 11.2 Å². The quantitative estimate of drug-likeness (QED) is 0.666. The molecule has 128 valence electrons. The van der Waals surface area contributed by atoms with Gasteiger partial charge in [0.1, 0.15) is 5.03 Å². The van der Waals surface area contributed by atoms with Gasteiger partial charge in [-0.2, -0.15) is 0 Å². The molecule has 0 aliphatic heterocycles. The third kappa shape index (κ3) is 4.26. The minimum absolute atomic E-state index is 0.112. The van der Waals surface area contributed by atoms with Crippen molar-refractivity contribution in [2.24, 2.45) is 0 Å². The lowest BCUT2D eigenvalue weighted by atomic mass is 10.1. The van der Waals surface area contributed by atoms with E-state index in [0.717, 1.165) is 34.6 Å². The van der Waals surface area contributed by atoms with E-state index in [4.69, 9.17) is 0 Å². The normalized spacial score (nSPS) is 17.4. The molecule has 1 atom stereocenters. The van der Waals surface area contributed by atoms with Gasteiger partial charge in [0.25, 0.3) is 0 Å². The predicted octanol–water partition coefficient (Wildman–Crippen LogP) is 4.26. The Bertz CT molecular complexity index is 711. The zero-order chi connectivity index (χ0) is 16.9. The van der Waals surface area contributed by atoms with Gasteiger partial charge in [-0.05, 0) is 38.8 Å². The molecule has 3 rings (SSSR count). The van der Waals surface area contributed by atoms with Crippen LogP contribution in [0.3, 0.4) is 0 Å². The fourth-order valence-electron chi connectivity index (χ4n) is 3.15. The van der Waals surface area contributed by atoms with E-state index < -0.39 is 0 Å². The zero-order valence-electron chi connectivity index (χ0n) is 14.4. The standard InChI is InChI=1S/C19H25N3OS/c1-13-19(22-17-12-8-7-11-16(17)20-13)24-14(2)18(23)21-15-9-5-3-4-6-10-15/h7-8,11-12,14-15H,3-6,9-10H2,1-2H3,(H,21,23). The summed E-state index contributed by atoms with van der Waals surface area (Å²) in [4.78, 5) is 21.8. The number of hydrogen-bond donors (Lipinski definition) is 1. The Morgan fingerprint density at radius 3 is 2.42 bits per heavy atom. The van der Waals surface area contributed by atoms with Gasteiger partial charge in [0.05, 0.1) is 22.0 Å². The zero-order valence-corrected chi connectivity index (χ0v) is 15.2. The molecule has 0 saturated heterocycles. The van der Waals surface area contributed by atoms with E-state index in [9.17, 15) is 4.79 Å². The van der Waals surface area contributed by atoms with Crippen LogP contribution in [0.15, 0.2) is 29.3 Å². The van der Waals surface area contributed by atoms with Gasteiger partial charge in [0.2, 0.25) is 5.91 Å². The molecule has 24 heavy (non-hydrogen) atoms. The highest BCUT2D eigenvalue weighted by atomic mass is 32.2. The molecule has 0 radical (unpaired) electrons. The van der Waals surface area contributed by atoms with Gasteiger partial charge >= 0.3 is 0 Å². The first-order valence-electron chi connectivity index (χ1n) is 8.84. The fraction of sp³-hybridized carbons (Fsp3) is 0.526. The lowest BCUT2D eigenvalue weighted by Crippen LogP contribution is -2.39. The Morgan fingerprint density at radius 1 is 1.12 bits per heavy atom. The molecule has 1 aliphatic carbocycles. The van der Waals surface area contributed by atoms with Crippen LogP contribution >= 0.6 is 11.8 Å². The number of fused-ring (bicyclic) bond motifs is 1. The molecule has 1 aromatic heterocycles. The molecule has 1 fully saturated rings. The number of amides is 1. The minimum Gasteiger partial charge on any atom is -0.352 e. The molecule has 5 heteroatoms. The summed E-state index contributed by atoms with van der Waals surface area (Å²) in [6.45, 7) is 3.91. The second-order valence-corrected chi connectivity index (χ2v) is 7.89. The van der Waals surface area contributed by atoms with E-state index in [1.165, 1.54) is 37.4 Å². The molecule has 1 saturated carbocycles. The summed E-state index contributed by atoms with van der Waals surface area (Å²) in [5, 5.41) is 3.91. The molecular formula is C19H25N3OS. The Labute approximate surface area is 147 Å². The van der Waals surface area contributed by atoms with Crippen molar-refractivity contribution >= 4 is 28.7 Å². The van der Waals surface area contributed by atoms with Crippen LogP contribution in [-0.4, -0.2) is 27.2 Å². The molecule has 1 aliphatic rings. The first-order chi connectivity index (χ1) is 11.6. The number of carbonyl (C=O) groups is 1. The van der Waals surface area contributed by atoms with Gasteiger partial charge < -0.3 is 5.32 Å². The van der Waals surface area contributed by atoms with Crippen LogP contribution in [0.1, 0.15) is 51.1 Å². The summed E-state index contributed by atoms with van der Waals surface area (Å²) in [6.07, 6.45) is 7.25. The van der Waals surface area contributed by atoms with Crippen LogP contribution in [0.4, 0.5) is 0 Å². The number of hydrogen-bond acceptors (Lipinski definition) is 4. The third-order valence-corrected chi connectivity index (χ3v) is 5.74. The van der Waals surface area contributed by atoms with E-state index in [0.29, 0.717) is 6.04 Å². The smallest absolute Gasteiger partial charge is 0.233 e. The van der Waals surface area contributed by atoms with Crippen LogP contribution in [0.5, 0.6) is 0 Å². The number of nitrogens with zero attached hydrogens (tertiary/aromatic N) is 2. The summed E-state index contributed by atoms with van der Waals surface area (Å²) in [5.41, 5.74) is 2.66. The number of thioether (sulfide) groups is 1. The fourth-order valence-corrected chi connectivity index (χ4v) is 4.02. The molecular weight excluding hydrogens is 318 g/mol. The number of carbonyl (C=O) groups excluding carboxylic acids is 1. The van der Waals surface area contributed by atoms with Gasteiger partial charge in [-0.1, -0.05) is 49.6 Å². The van der Waals surface area contributed by atoms with Crippen molar-refractivity contribution in [3.8, 4) is 0 Å². The maximum atomic E-state index is 12.5. The summed E-state index contributed by atoms with van der Waals surface area (Å²) in [5.74, 6) is 0.112. The first kappa shape index (κ1) is 17.2. The van der Waals surface area contributed by atoms with Gasteiger partial charge in [0.15, 0.2) is 0 Å².